The van der Waals surface area contributed by atoms with E-state index in [-0.39, 0.29) is 51.8 Å². The number of amides is 1. The first-order chi connectivity index (χ1) is 17.2. The van der Waals surface area contributed by atoms with Gasteiger partial charge in [0.25, 0.3) is 11.6 Å². The van der Waals surface area contributed by atoms with Crippen molar-refractivity contribution in [2.75, 3.05) is 5.32 Å². The van der Waals surface area contributed by atoms with Gasteiger partial charge in [0, 0.05) is 23.2 Å². The Balaban J connectivity index is 1.48. The van der Waals surface area contributed by atoms with Crippen molar-refractivity contribution in [1.82, 2.24) is 0 Å². The first kappa shape index (κ1) is 25.0. The van der Waals surface area contributed by atoms with Crippen LogP contribution < -0.4 is 14.8 Å². The number of ether oxygens (including phenoxy) is 2. The van der Waals surface area contributed by atoms with Gasteiger partial charge in [0.15, 0.2) is 17.3 Å². The average molecular weight is 535 g/mol. The second-order valence-electron chi connectivity index (χ2n) is 7.23. The van der Waals surface area contributed by atoms with Crippen LogP contribution in [0.25, 0.3) is 0 Å². The molecule has 8 nitrogen and oxygen atoms in total. The maximum absolute atomic E-state index is 13.7. The van der Waals surface area contributed by atoms with Crippen LogP contribution in [0.1, 0.15) is 16.3 Å². The van der Waals surface area contributed by atoms with Crippen molar-refractivity contribution in [2.45, 2.75) is 6.61 Å². The maximum Gasteiger partial charge on any atom is 0.291 e. The zero-order valence-corrected chi connectivity index (χ0v) is 19.5. The SMILES string of the molecule is O=C(Nc1cc(Oc2ccc(Cl)cc2Cl)cc([N+](=O)[O-])c1)c1ccc(COc2ccc(F)cc2F)o1. The summed E-state index contributed by atoms with van der Waals surface area (Å²) in [6.07, 6.45) is 0. The number of carbonyl (C=O) groups is 1. The fraction of sp³-hybridized carbons (Fsp3) is 0.0417. The number of non-ortho nitro benzene ring substituents is 1. The molecule has 0 bridgehead atoms. The molecule has 0 saturated heterocycles. The number of hydrogen-bond donors (Lipinski definition) is 1. The molecule has 1 aromatic heterocycles. The van der Waals surface area contributed by atoms with Crippen LogP contribution in [0.2, 0.25) is 10.0 Å². The summed E-state index contributed by atoms with van der Waals surface area (Å²) in [5.41, 5.74) is -0.292. The summed E-state index contributed by atoms with van der Waals surface area (Å²) in [5.74, 6) is -2.25. The van der Waals surface area contributed by atoms with E-state index in [1.165, 1.54) is 36.4 Å². The van der Waals surface area contributed by atoms with Crippen molar-refractivity contribution in [3.8, 4) is 17.2 Å². The van der Waals surface area contributed by atoms with Crippen LogP contribution in [-0.2, 0) is 6.61 Å². The van der Waals surface area contributed by atoms with Crippen LogP contribution in [0.4, 0.5) is 20.2 Å². The number of benzene rings is 3. The van der Waals surface area contributed by atoms with Gasteiger partial charge in [-0.3, -0.25) is 14.9 Å². The standard InChI is InChI=1S/C24H14Cl2F2N2O6/c25-13-1-4-21(19(26)7-13)36-18-10-15(9-16(11-18)30(32)33)29-24(31)23-6-3-17(35-23)12-34-22-5-2-14(27)8-20(22)28/h1-11H,12H2,(H,29,31). The lowest BCUT2D eigenvalue weighted by atomic mass is 10.2. The third kappa shape index (κ3) is 6.09. The highest BCUT2D eigenvalue weighted by molar-refractivity contribution is 6.35. The Hall–Kier alpha value is -4.15. The number of carbonyl (C=O) groups excluding carboxylic acids is 1. The van der Waals surface area contributed by atoms with E-state index < -0.39 is 22.5 Å². The Morgan fingerprint density at radius 2 is 1.78 bits per heavy atom. The molecule has 184 valence electrons. The molecule has 1 N–H and O–H groups in total. The summed E-state index contributed by atoms with van der Waals surface area (Å²) in [6.45, 7) is -0.230. The summed E-state index contributed by atoms with van der Waals surface area (Å²) >= 11 is 12.0. The average Bonchev–Trinajstić information content (AvgIpc) is 3.29. The smallest absolute Gasteiger partial charge is 0.291 e. The molecule has 36 heavy (non-hydrogen) atoms. The van der Waals surface area contributed by atoms with Gasteiger partial charge in [0.1, 0.15) is 29.7 Å². The third-order valence-corrected chi connectivity index (χ3v) is 5.16. The van der Waals surface area contributed by atoms with E-state index in [0.717, 1.165) is 24.3 Å². The minimum atomic E-state index is -0.886. The summed E-state index contributed by atoms with van der Waals surface area (Å²) in [7, 11) is 0. The van der Waals surface area contributed by atoms with Gasteiger partial charge < -0.3 is 19.2 Å². The predicted molar refractivity (Wildman–Crippen MR) is 127 cm³/mol. The first-order valence-corrected chi connectivity index (χ1v) is 10.8. The second kappa shape index (κ2) is 10.6. The minimum absolute atomic E-state index is 0.0404. The molecule has 0 aliphatic heterocycles. The largest absolute Gasteiger partial charge is 0.483 e. The maximum atomic E-state index is 13.7. The van der Waals surface area contributed by atoms with Gasteiger partial charge in [-0.1, -0.05) is 23.2 Å². The molecule has 0 aliphatic carbocycles. The van der Waals surface area contributed by atoms with Gasteiger partial charge in [-0.05, 0) is 42.5 Å². The van der Waals surface area contributed by atoms with Crippen molar-refractivity contribution in [2.24, 2.45) is 0 Å². The lowest BCUT2D eigenvalue weighted by Gasteiger charge is -2.10. The molecule has 0 atom stereocenters. The molecule has 0 unspecified atom stereocenters. The number of nitrogens with zero attached hydrogens (tertiary/aromatic N) is 1. The number of hydrogen-bond acceptors (Lipinski definition) is 6. The van der Waals surface area contributed by atoms with Crippen molar-refractivity contribution >= 4 is 40.5 Å². The monoisotopic (exact) mass is 534 g/mol. The molecule has 3 aromatic carbocycles. The number of halogens is 4. The molecule has 0 fully saturated rings. The third-order valence-electron chi connectivity index (χ3n) is 4.63. The Labute approximate surface area is 212 Å². The molecule has 1 amide bonds. The molecular weight excluding hydrogens is 521 g/mol. The zero-order valence-electron chi connectivity index (χ0n) is 18.0. The highest BCUT2D eigenvalue weighted by Crippen LogP contribution is 2.34. The van der Waals surface area contributed by atoms with Crippen LogP contribution in [0.3, 0.4) is 0 Å². The molecular formula is C24H14Cl2F2N2O6. The van der Waals surface area contributed by atoms with Crippen LogP contribution in [-0.4, -0.2) is 10.8 Å². The lowest BCUT2D eigenvalue weighted by Crippen LogP contribution is -2.11. The summed E-state index contributed by atoms with van der Waals surface area (Å²) < 4.78 is 43.0. The molecule has 0 saturated carbocycles. The van der Waals surface area contributed by atoms with E-state index in [9.17, 15) is 23.7 Å². The second-order valence-corrected chi connectivity index (χ2v) is 8.08. The summed E-state index contributed by atoms with van der Waals surface area (Å²) in [4.78, 5) is 23.4. The van der Waals surface area contributed by atoms with Gasteiger partial charge in [-0.25, -0.2) is 8.78 Å². The molecule has 0 spiro atoms. The normalized spacial score (nSPS) is 10.7. The zero-order chi connectivity index (χ0) is 25.8. The number of rotatable bonds is 8. The molecule has 4 rings (SSSR count). The summed E-state index contributed by atoms with van der Waals surface area (Å²) in [6, 6.07) is 13.7. The number of nitrogens with one attached hydrogen (secondary N) is 1. The molecule has 0 aliphatic rings. The molecule has 4 aromatic rings. The topological polar surface area (TPSA) is 104 Å². The van der Waals surface area contributed by atoms with E-state index in [2.05, 4.69) is 5.32 Å². The van der Waals surface area contributed by atoms with Crippen LogP contribution >= 0.6 is 23.2 Å². The van der Waals surface area contributed by atoms with E-state index in [0.29, 0.717) is 11.1 Å². The Bertz CT molecular complexity index is 1460. The van der Waals surface area contributed by atoms with Crippen LogP contribution in [0, 0.1) is 21.7 Å². The number of furan rings is 1. The van der Waals surface area contributed by atoms with Crippen molar-refractivity contribution in [3.63, 3.8) is 0 Å². The number of anilines is 1. The van der Waals surface area contributed by atoms with Gasteiger partial charge >= 0.3 is 0 Å². The van der Waals surface area contributed by atoms with E-state index in [1.807, 2.05) is 0 Å². The first-order valence-electron chi connectivity index (χ1n) is 10.1. The van der Waals surface area contributed by atoms with Crippen LogP contribution in [0.5, 0.6) is 17.2 Å². The Morgan fingerprint density at radius 1 is 1.00 bits per heavy atom. The van der Waals surface area contributed by atoms with Gasteiger partial charge in [-0.2, -0.15) is 0 Å². The molecule has 0 radical (unpaired) electrons. The molecule has 1 heterocycles. The Kier molecular flexibility index (Phi) is 7.37. The van der Waals surface area contributed by atoms with Gasteiger partial charge in [0.05, 0.1) is 21.7 Å². The molecule has 12 heteroatoms. The summed E-state index contributed by atoms with van der Waals surface area (Å²) in [5, 5.41) is 14.4. The van der Waals surface area contributed by atoms with Crippen molar-refractivity contribution in [3.05, 3.63) is 110 Å². The highest BCUT2D eigenvalue weighted by atomic mass is 35.5. The fourth-order valence-electron chi connectivity index (χ4n) is 3.02. The quantitative estimate of drug-likeness (QED) is 0.186. The number of nitro benzene ring substituents is 1. The van der Waals surface area contributed by atoms with Crippen molar-refractivity contribution in [1.29, 1.82) is 0 Å². The Morgan fingerprint density at radius 3 is 2.50 bits per heavy atom. The minimum Gasteiger partial charge on any atom is -0.483 e. The highest BCUT2D eigenvalue weighted by Gasteiger charge is 2.17. The van der Waals surface area contributed by atoms with Crippen LogP contribution in [0.15, 0.2) is 71.1 Å². The lowest BCUT2D eigenvalue weighted by molar-refractivity contribution is -0.384. The number of nitro groups is 1. The van der Waals surface area contributed by atoms with Crippen molar-refractivity contribution < 1.29 is 32.4 Å². The van der Waals surface area contributed by atoms with E-state index in [1.54, 1.807) is 0 Å². The van der Waals surface area contributed by atoms with E-state index >= 15 is 0 Å². The fourth-order valence-corrected chi connectivity index (χ4v) is 3.46. The van der Waals surface area contributed by atoms with Gasteiger partial charge in [0.2, 0.25) is 0 Å². The van der Waals surface area contributed by atoms with E-state index in [4.69, 9.17) is 37.1 Å². The van der Waals surface area contributed by atoms with Gasteiger partial charge in [-0.15, -0.1) is 0 Å². The predicted octanol–water partition coefficient (Wildman–Crippen LogP) is 7.40.